The molecule has 0 radical (unpaired) electrons. The minimum absolute atomic E-state index is 0.0303. The topological polar surface area (TPSA) is 94.1 Å². The second-order valence-corrected chi connectivity index (χ2v) is 22.4. The highest BCUT2D eigenvalue weighted by atomic mass is 31.2. The van der Waals surface area contributed by atoms with E-state index in [0.717, 1.165) is 32.1 Å². The molecule has 0 aliphatic rings. The molecule has 0 saturated carbocycles. The van der Waals surface area contributed by atoms with Gasteiger partial charge in [-0.2, -0.15) is 0 Å². The van der Waals surface area contributed by atoms with Crippen molar-refractivity contribution in [2.24, 2.45) is 0 Å². The fourth-order valence-corrected chi connectivity index (χ4v) is 9.33. The fourth-order valence-electron chi connectivity index (χ4n) is 8.60. The number of carbonyl (C=O) groups is 1. The number of nitrogens with zero attached hydrogens (tertiary/aromatic N) is 1. The van der Waals surface area contributed by atoms with E-state index in [1.165, 1.54) is 238 Å². The van der Waals surface area contributed by atoms with Crippen LogP contribution in [0.1, 0.15) is 290 Å². The quantitative estimate of drug-likeness (QED) is 0.0197. The van der Waals surface area contributed by atoms with E-state index in [-0.39, 0.29) is 25.8 Å². The zero-order valence-corrected chi connectivity index (χ0v) is 45.8. The van der Waals surface area contributed by atoms with Crippen molar-refractivity contribution >= 4 is 13.8 Å². The first-order valence-corrected chi connectivity index (χ1v) is 30.4. The molecule has 0 amide bonds. The van der Waals surface area contributed by atoms with Crippen molar-refractivity contribution in [2.75, 3.05) is 54.1 Å². The van der Waals surface area contributed by atoms with Gasteiger partial charge in [0, 0.05) is 13.0 Å². The van der Waals surface area contributed by atoms with Crippen molar-refractivity contribution in [3.8, 4) is 0 Å². The summed E-state index contributed by atoms with van der Waals surface area (Å²) in [4.78, 5) is 25.2. The number of phosphoric ester groups is 1. The molecule has 0 aromatic heterocycles. The van der Waals surface area contributed by atoms with Crippen LogP contribution in [0.2, 0.25) is 0 Å². The molecule has 0 aromatic carbocycles. The van der Waals surface area contributed by atoms with Gasteiger partial charge in [0.2, 0.25) is 0 Å². The molecule has 66 heavy (non-hydrogen) atoms. The molecule has 0 spiro atoms. The van der Waals surface area contributed by atoms with Crippen LogP contribution in [0, 0.1) is 0 Å². The van der Waals surface area contributed by atoms with E-state index < -0.39 is 13.9 Å². The summed E-state index contributed by atoms with van der Waals surface area (Å²) in [5.74, 6) is -0.326. The van der Waals surface area contributed by atoms with Gasteiger partial charge in [-0.05, 0) is 38.5 Å². The highest BCUT2D eigenvalue weighted by molar-refractivity contribution is 7.45. The molecule has 0 aliphatic heterocycles. The average molecular weight is 957 g/mol. The smallest absolute Gasteiger partial charge is 0.306 e. The largest absolute Gasteiger partial charge is 0.756 e. The molecule has 0 heterocycles. The van der Waals surface area contributed by atoms with Crippen LogP contribution in [0.4, 0.5) is 0 Å². The van der Waals surface area contributed by atoms with Crippen LogP contribution < -0.4 is 4.89 Å². The summed E-state index contributed by atoms with van der Waals surface area (Å²) in [7, 11) is 1.38. The van der Waals surface area contributed by atoms with Crippen LogP contribution >= 0.6 is 7.82 Å². The first-order valence-electron chi connectivity index (χ1n) is 28.9. The lowest BCUT2D eigenvalue weighted by Crippen LogP contribution is -2.37. The first kappa shape index (κ1) is 65.2. The van der Waals surface area contributed by atoms with Crippen molar-refractivity contribution in [3.05, 3.63) is 12.2 Å². The van der Waals surface area contributed by atoms with E-state index in [2.05, 4.69) is 26.0 Å². The Morgan fingerprint density at radius 2 is 0.788 bits per heavy atom. The van der Waals surface area contributed by atoms with Crippen LogP contribution in [-0.4, -0.2) is 70.7 Å². The molecule has 394 valence electrons. The van der Waals surface area contributed by atoms with Gasteiger partial charge in [-0.1, -0.05) is 257 Å². The SMILES string of the molecule is CCCCCCCCCC/C=C\CCCCCCCCCCCCCCCC(=O)OC(COCCCCCCCCCCCCCCCCCCCCC)COP(=O)([O-])OCC[N+](C)(C)C. The van der Waals surface area contributed by atoms with Gasteiger partial charge >= 0.3 is 5.97 Å². The Morgan fingerprint density at radius 3 is 1.15 bits per heavy atom. The highest BCUT2D eigenvalue weighted by Crippen LogP contribution is 2.38. The highest BCUT2D eigenvalue weighted by Gasteiger charge is 2.20. The minimum Gasteiger partial charge on any atom is -0.756 e. The molecular formula is C57H114NO7P. The van der Waals surface area contributed by atoms with Gasteiger partial charge < -0.3 is 27.9 Å². The van der Waals surface area contributed by atoms with Crippen molar-refractivity contribution in [1.82, 2.24) is 0 Å². The Bertz CT molecular complexity index is 1070. The lowest BCUT2D eigenvalue weighted by atomic mass is 10.0. The molecule has 0 aromatic rings. The number of hydrogen-bond acceptors (Lipinski definition) is 7. The van der Waals surface area contributed by atoms with Crippen LogP contribution in [0.3, 0.4) is 0 Å². The predicted molar refractivity (Wildman–Crippen MR) is 282 cm³/mol. The van der Waals surface area contributed by atoms with Gasteiger partial charge in [0.25, 0.3) is 7.82 Å². The monoisotopic (exact) mass is 956 g/mol. The predicted octanol–water partition coefficient (Wildman–Crippen LogP) is 17.5. The molecule has 2 unspecified atom stereocenters. The second-order valence-electron chi connectivity index (χ2n) is 21.0. The number of likely N-dealkylation sites (N-methyl/N-ethyl adjacent to an activating group) is 1. The van der Waals surface area contributed by atoms with Crippen LogP contribution in [0.5, 0.6) is 0 Å². The Labute approximate surface area is 411 Å². The Balaban J connectivity index is 4.02. The Kier molecular flexibility index (Phi) is 50.0. The fraction of sp³-hybridized carbons (Fsp3) is 0.947. The summed E-state index contributed by atoms with van der Waals surface area (Å²) in [6, 6.07) is 0. The Hall–Kier alpha value is -0.760. The maximum Gasteiger partial charge on any atom is 0.306 e. The average Bonchev–Trinajstić information content (AvgIpc) is 3.28. The van der Waals surface area contributed by atoms with Gasteiger partial charge in [-0.15, -0.1) is 0 Å². The lowest BCUT2D eigenvalue weighted by Gasteiger charge is -2.28. The molecule has 0 N–H and O–H groups in total. The van der Waals surface area contributed by atoms with Gasteiger partial charge in [-0.25, -0.2) is 0 Å². The van der Waals surface area contributed by atoms with Crippen LogP contribution in [0.15, 0.2) is 12.2 Å². The van der Waals surface area contributed by atoms with E-state index in [0.29, 0.717) is 24.1 Å². The second kappa shape index (κ2) is 50.6. The maximum absolute atomic E-state index is 12.8. The summed E-state index contributed by atoms with van der Waals surface area (Å²) in [5.41, 5.74) is 0. The van der Waals surface area contributed by atoms with Gasteiger partial charge in [0.15, 0.2) is 0 Å². The molecule has 0 bridgehead atoms. The first-order chi connectivity index (χ1) is 32.1. The summed E-state index contributed by atoms with van der Waals surface area (Å²) >= 11 is 0. The number of phosphoric acid groups is 1. The molecule has 2 atom stereocenters. The maximum atomic E-state index is 12.8. The van der Waals surface area contributed by atoms with Crippen molar-refractivity contribution in [1.29, 1.82) is 0 Å². The summed E-state index contributed by atoms with van der Waals surface area (Å²) in [5, 5.41) is 0. The van der Waals surface area contributed by atoms with Crippen LogP contribution in [-0.2, 0) is 27.9 Å². The van der Waals surface area contributed by atoms with Gasteiger partial charge in [0.1, 0.15) is 19.3 Å². The van der Waals surface area contributed by atoms with E-state index in [1.54, 1.807) is 0 Å². The van der Waals surface area contributed by atoms with Crippen molar-refractivity contribution in [3.63, 3.8) is 0 Å². The Morgan fingerprint density at radius 1 is 0.455 bits per heavy atom. The number of carbonyl (C=O) groups excluding carboxylic acids is 1. The van der Waals surface area contributed by atoms with Gasteiger partial charge in [-0.3, -0.25) is 9.36 Å². The molecular weight excluding hydrogens is 842 g/mol. The van der Waals surface area contributed by atoms with Crippen molar-refractivity contribution in [2.45, 2.75) is 296 Å². The molecule has 8 nitrogen and oxygen atoms in total. The minimum atomic E-state index is -4.53. The number of hydrogen-bond donors (Lipinski definition) is 0. The standard InChI is InChI=1S/C57H114NO7P/c1-6-8-10-12-14-16-18-20-22-24-26-27-28-29-30-31-32-34-36-38-40-42-44-46-48-50-57(59)65-56(55-64-66(60,61)63-53-51-58(3,4)5)54-62-52-49-47-45-43-41-39-37-35-33-25-23-21-19-17-15-13-11-9-7-2/h24,26,56H,6-23,25,27-55H2,1-5H3/b26-24-. The number of quaternary nitrogens is 1. The summed E-state index contributed by atoms with van der Waals surface area (Å²) in [6.07, 6.45) is 59.7. The van der Waals surface area contributed by atoms with E-state index in [9.17, 15) is 14.3 Å². The van der Waals surface area contributed by atoms with E-state index in [4.69, 9.17) is 18.5 Å². The third-order valence-corrected chi connectivity index (χ3v) is 14.0. The van der Waals surface area contributed by atoms with Crippen molar-refractivity contribution < 1.29 is 37.3 Å². The van der Waals surface area contributed by atoms with Crippen LogP contribution in [0.25, 0.3) is 0 Å². The molecule has 0 rings (SSSR count). The van der Waals surface area contributed by atoms with E-state index in [1.807, 2.05) is 21.1 Å². The normalized spacial score (nSPS) is 13.5. The zero-order valence-electron chi connectivity index (χ0n) is 44.9. The lowest BCUT2D eigenvalue weighted by molar-refractivity contribution is -0.870. The third-order valence-electron chi connectivity index (χ3n) is 13.1. The van der Waals surface area contributed by atoms with E-state index >= 15 is 0 Å². The third kappa shape index (κ3) is 54.2. The van der Waals surface area contributed by atoms with Gasteiger partial charge in [0.05, 0.1) is 34.4 Å². The number of unbranched alkanes of at least 4 members (excludes halogenated alkanes) is 39. The summed E-state index contributed by atoms with van der Waals surface area (Å²) < 4.78 is 34.9. The molecule has 0 aliphatic carbocycles. The number of rotatable bonds is 55. The summed E-state index contributed by atoms with van der Waals surface area (Å²) in [6.45, 7) is 5.49. The number of allylic oxidation sites excluding steroid dienone is 2. The molecule has 0 saturated heterocycles. The molecule has 0 fully saturated rings. The zero-order chi connectivity index (χ0) is 48.3. The molecule has 9 heteroatoms. The number of ether oxygens (including phenoxy) is 2. The number of esters is 1.